The van der Waals surface area contributed by atoms with Crippen molar-refractivity contribution in [3.05, 3.63) is 71.8 Å². The van der Waals surface area contributed by atoms with E-state index in [0.29, 0.717) is 24.6 Å². The maximum absolute atomic E-state index is 11.2. The van der Waals surface area contributed by atoms with Crippen molar-refractivity contribution in [2.45, 2.75) is 27.4 Å². The Hall–Kier alpha value is -2.75. The minimum atomic E-state index is -0.376. The second-order valence-electron chi connectivity index (χ2n) is 6.82. The number of carbonyl (C=O) groups is 1. The van der Waals surface area contributed by atoms with Crippen LogP contribution in [0.4, 0.5) is 5.69 Å². The van der Waals surface area contributed by atoms with E-state index < -0.39 is 0 Å². The summed E-state index contributed by atoms with van der Waals surface area (Å²) in [5.74, 6) is 0.969. The minimum absolute atomic E-state index is 0.376. The monoisotopic (exact) mass is 352 g/mol. The lowest BCUT2D eigenvalue weighted by Gasteiger charge is -2.26. The van der Waals surface area contributed by atoms with Gasteiger partial charge in [0.05, 0.1) is 0 Å². The second-order valence-corrected chi connectivity index (χ2v) is 6.82. The first-order valence-electron chi connectivity index (χ1n) is 8.94. The fraction of sp³-hybridized carbons (Fsp3) is 0.318. The van der Waals surface area contributed by atoms with Crippen LogP contribution in [0.15, 0.2) is 66.2 Å². The predicted molar refractivity (Wildman–Crippen MR) is 107 cm³/mol. The van der Waals surface area contributed by atoms with Gasteiger partial charge in [0.1, 0.15) is 12.4 Å². The molecule has 4 nitrogen and oxygen atoms in total. The van der Waals surface area contributed by atoms with Crippen molar-refractivity contribution in [2.75, 3.05) is 18.0 Å². The largest absolute Gasteiger partial charge is 0.489 e. The van der Waals surface area contributed by atoms with Crippen molar-refractivity contribution < 1.29 is 9.53 Å². The number of amides is 1. The highest BCUT2D eigenvalue weighted by Gasteiger charge is 2.09. The Morgan fingerprint density at radius 3 is 2.35 bits per heavy atom. The molecule has 2 N–H and O–H groups in total. The summed E-state index contributed by atoms with van der Waals surface area (Å²) in [6.07, 6.45) is 1.88. The van der Waals surface area contributed by atoms with E-state index in [2.05, 4.69) is 30.9 Å². The molecule has 0 fully saturated rings. The van der Waals surface area contributed by atoms with Crippen LogP contribution in [0.25, 0.3) is 0 Å². The fourth-order valence-corrected chi connectivity index (χ4v) is 2.57. The zero-order valence-electron chi connectivity index (χ0n) is 15.8. The summed E-state index contributed by atoms with van der Waals surface area (Å²) in [6, 6.07) is 18.2. The van der Waals surface area contributed by atoms with E-state index in [1.165, 1.54) is 0 Å². The molecule has 0 bridgehead atoms. The topological polar surface area (TPSA) is 55.6 Å². The summed E-state index contributed by atoms with van der Waals surface area (Å²) in [7, 11) is 0. The van der Waals surface area contributed by atoms with Crippen LogP contribution in [0.5, 0.6) is 5.75 Å². The average Bonchev–Trinajstić information content (AvgIpc) is 2.64. The Morgan fingerprint density at radius 1 is 1.12 bits per heavy atom. The van der Waals surface area contributed by atoms with Crippen molar-refractivity contribution >= 4 is 11.6 Å². The first-order chi connectivity index (χ1) is 12.5. The van der Waals surface area contributed by atoms with Crippen molar-refractivity contribution in [3.8, 4) is 5.75 Å². The van der Waals surface area contributed by atoms with Crippen LogP contribution in [-0.2, 0) is 11.4 Å². The number of rotatable bonds is 9. The Bertz CT molecular complexity index is 722. The maximum atomic E-state index is 11.2. The number of primary amides is 1. The van der Waals surface area contributed by atoms with E-state index in [1.807, 2.05) is 48.5 Å². The minimum Gasteiger partial charge on any atom is -0.489 e. The molecule has 2 rings (SSSR count). The van der Waals surface area contributed by atoms with Crippen LogP contribution < -0.4 is 15.4 Å². The standard InChI is InChI=1S/C22H28N2O2/c1-17(2)15-24(14-13-18(3)22(23)25)20-9-11-21(12-10-20)26-16-19-7-5-4-6-8-19/h4-13,17H,14-16H2,1-3H3,(H2,23,25). The van der Waals surface area contributed by atoms with E-state index in [9.17, 15) is 4.79 Å². The third-order valence-corrected chi connectivity index (χ3v) is 4.04. The fourth-order valence-electron chi connectivity index (χ4n) is 2.57. The smallest absolute Gasteiger partial charge is 0.244 e. The van der Waals surface area contributed by atoms with Gasteiger partial charge in [0.25, 0.3) is 0 Å². The number of nitrogens with zero attached hydrogens (tertiary/aromatic N) is 1. The van der Waals surface area contributed by atoms with E-state index in [-0.39, 0.29) is 5.91 Å². The zero-order chi connectivity index (χ0) is 18.9. The number of hydrogen-bond donors (Lipinski definition) is 1. The van der Waals surface area contributed by atoms with Gasteiger partial charge in [0.2, 0.25) is 5.91 Å². The summed E-state index contributed by atoms with van der Waals surface area (Å²) in [4.78, 5) is 13.5. The highest BCUT2D eigenvalue weighted by molar-refractivity contribution is 5.91. The maximum Gasteiger partial charge on any atom is 0.244 e. The molecule has 0 saturated carbocycles. The number of ether oxygens (including phenoxy) is 1. The van der Waals surface area contributed by atoms with Gasteiger partial charge in [-0.25, -0.2) is 0 Å². The predicted octanol–water partition coefficient (Wildman–Crippen LogP) is 4.16. The van der Waals surface area contributed by atoms with Gasteiger partial charge in [0.15, 0.2) is 0 Å². The van der Waals surface area contributed by atoms with Crippen molar-refractivity contribution in [1.82, 2.24) is 0 Å². The van der Waals surface area contributed by atoms with Crippen molar-refractivity contribution in [3.63, 3.8) is 0 Å². The normalized spacial score (nSPS) is 11.5. The molecular formula is C22H28N2O2. The Labute approximate surface area is 156 Å². The molecule has 2 aromatic carbocycles. The number of nitrogens with two attached hydrogens (primary N) is 1. The molecule has 0 atom stereocenters. The summed E-state index contributed by atoms with van der Waals surface area (Å²) in [6.45, 7) is 8.20. The van der Waals surface area contributed by atoms with Crippen LogP contribution in [-0.4, -0.2) is 19.0 Å². The molecule has 1 amide bonds. The summed E-state index contributed by atoms with van der Waals surface area (Å²) >= 11 is 0. The lowest BCUT2D eigenvalue weighted by Crippen LogP contribution is -2.28. The van der Waals surface area contributed by atoms with Crippen LogP contribution in [0, 0.1) is 5.92 Å². The van der Waals surface area contributed by atoms with Crippen molar-refractivity contribution in [2.24, 2.45) is 11.7 Å². The lowest BCUT2D eigenvalue weighted by molar-refractivity contribution is -0.114. The molecule has 4 heteroatoms. The highest BCUT2D eigenvalue weighted by atomic mass is 16.5. The number of hydrogen-bond acceptors (Lipinski definition) is 3. The number of carbonyl (C=O) groups excluding carboxylic acids is 1. The summed E-state index contributed by atoms with van der Waals surface area (Å²) in [5, 5.41) is 0. The van der Waals surface area contributed by atoms with Gasteiger partial charge >= 0.3 is 0 Å². The van der Waals surface area contributed by atoms with Gasteiger partial charge < -0.3 is 15.4 Å². The van der Waals surface area contributed by atoms with E-state index in [4.69, 9.17) is 10.5 Å². The molecule has 2 aromatic rings. The lowest BCUT2D eigenvalue weighted by atomic mass is 10.1. The summed E-state index contributed by atoms with van der Waals surface area (Å²) in [5.41, 5.74) is 8.15. The van der Waals surface area contributed by atoms with Gasteiger partial charge in [0, 0.05) is 24.4 Å². The highest BCUT2D eigenvalue weighted by Crippen LogP contribution is 2.21. The molecule has 0 saturated heterocycles. The van der Waals surface area contributed by atoms with Crippen molar-refractivity contribution in [1.29, 1.82) is 0 Å². The van der Waals surface area contributed by atoms with Crippen LogP contribution in [0.3, 0.4) is 0 Å². The third kappa shape index (κ3) is 6.28. The molecule has 0 unspecified atom stereocenters. The van der Waals surface area contributed by atoms with Crippen LogP contribution >= 0.6 is 0 Å². The Balaban J connectivity index is 2.03. The molecule has 26 heavy (non-hydrogen) atoms. The number of anilines is 1. The first-order valence-corrected chi connectivity index (χ1v) is 8.94. The quantitative estimate of drug-likeness (QED) is 0.690. The summed E-state index contributed by atoms with van der Waals surface area (Å²) < 4.78 is 5.85. The van der Waals surface area contributed by atoms with Gasteiger partial charge in [-0.1, -0.05) is 50.3 Å². The Morgan fingerprint density at radius 2 is 1.77 bits per heavy atom. The zero-order valence-corrected chi connectivity index (χ0v) is 15.8. The van der Waals surface area contributed by atoms with E-state index in [1.54, 1.807) is 6.92 Å². The van der Waals surface area contributed by atoms with Gasteiger partial charge in [-0.3, -0.25) is 4.79 Å². The third-order valence-electron chi connectivity index (χ3n) is 4.04. The first kappa shape index (κ1) is 19.6. The van der Waals surface area contributed by atoms with Crippen LogP contribution in [0.2, 0.25) is 0 Å². The van der Waals surface area contributed by atoms with Gasteiger partial charge in [-0.15, -0.1) is 0 Å². The number of benzene rings is 2. The van der Waals surface area contributed by atoms with Crippen LogP contribution in [0.1, 0.15) is 26.3 Å². The Kier molecular flexibility index (Phi) is 7.27. The average molecular weight is 352 g/mol. The molecule has 0 aromatic heterocycles. The molecule has 0 radical (unpaired) electrons. The molecule has 0 aliphatic heterocycles. The molecule has 0 aliphatic carbocycles. The second kappa shape index (κ2) is 9.66. The molecular weight excluding hydrogens is 324 g/mol. The molecule has 0 heterocycles. The molecule has 0 aliphatic rings. The van der Waals surface area contributed by atoms with E-state index in [0.717, 1.165) is 23.5 Å². The van der Waals surface area contributed by atoms with Gasteiger partial charge in [-0.2, -0.15) is 0 Å². The molecule has 138 valence electrons. The van der Waals surface area contributed by atoms with E-state index >= 15 is 0 Å². The van der Waals surface area contributed by atoms with Gasteiger partial charge in [-0.05, 0) is 42.7 Å². The molecule has 0 spiro atoms. The SMILES string of the molecule is CC(=CCN(CC(C)C)c1ccc(OCc2ccccc2)cc1)C(N)=O.